The Bertz CT molecular complexity index is 725. The monoisotopic (exact) mass is 322 g/mol. The van der Waals surface area contributed by atoms with Gasteiger partial charge in [0.1, 0.15) is 5.56 Å². The molecule has 0 saturated carbocycles. The SMILES string of the molecule is COc1c2n(cc(C(=O)O)c1=O)CC1COCC[C@@H](C)N1C2=O. The van der Waals surface area contributed by atoms with Crippen LogP contribution in [0.2, 0.25) is 0 Å². The van der Waals surface area contributed by atoms with E-state index in [-0.39, 0.29) is 29.4 Å². The topological polar surface area (TPSA) is 98.1 Å². The van der Waals surface area contributed by atoms with Crippen molar-refractivity contribution in [3.05, 3.63) is 27.7 Å². The van der Waals surface area contributed by atoms with Crippen LogP contribution in [0.1, 0.15) is 34.2 Å². The highest BCUT2D eigenvalue weighted by molar-refractivity contribution is 5.98. The van der Waals surface area contributed by atoms with Crippen molar-refractivity contribution in [2.75, 3.05) is 20.3 Å². The molecule has 2 atom stereocenters. The molecule has 3 heterocycles. The number of hydrogen-bond acceptors (Lipinski definition) is 5. The predicted octanol–water partition coefficient (Wildman–Crippen LogP) is 0.188. The molecular formula is C15H18N2O6. The molecule has 8 nitrogen and oxygen atoms in total. The first kappa shape index (κ1) is 15.5. The van der Waals surface area contributed by atoms with Gasteiger partial charge in [-0.15, -0.1) is 0 Å². The van der Waals surface area contributed by atoms with Crippen LogP contribution in [0.3, 0.4) is 0 Å². The van der Waals surface area contributed by atoms with E-state index >= 15 is 0 Å². The van der Waals surface area contributed by atoms with E-state index in [0.717, 1.165) is 0 Å². The van der Waals surface area contributed by atoms with E-state index < -0.39 is 17.0 Å². The fraction of sp³-hybridized carbons (Fsp3) is 0.533. The van der Waals surface area contributed by atoms with Gasteiger partial charge >= 0.3 is 5.97 Å². The summed E-state index contributed by atoms with van der Waals surface area (Å²) in [6.07, 6.45) is 1.93. The van der Waals surface area contributed by atoms with E-state index in [1.807, 2.05) is 6.92 Å². The summed E-state index contributed by atoms with van der Waals surface area (Å²) in [7, 11) is 1.26. The highest BCUT2D eigenvalue weighted by Crippen LogP contribution is 2.28. The number of rotatable bonds is 2. The lowest BCUT2D eigenvalue weighted by Crippen LogP contribution is -2.53. The molecular weight excluding hydrogens is 304 g/mol. The standard InChI is InChI=1S/C15H18N2O6/c1-8-3-4-23-7-9-5-16-6-10(15(20)21)12(18)13(22-2)11(16)14(19)17(8)9/h6,8-9H,3-5,7H2,1-2H3,(H,20,21)/t8-,9?/m1/s1. The summed E-state index contributed by atoms with van der Waals surface area (Å²) in [6.45, 7) is 3.24. The number of methoxy groups -OCH3 is 1. The summed E-state index contributed by atoms with van der Waals surface area (Å²) in [6, 6.07) is -0.218. The molecule has 1 aromatic heterocycles. The Morgan fingerprint density at radius 3 is 2.83 bits per heavy atom. The molecule has 23 heavy (non-hydrogen) atoms. The number of pyridine rings is 1. The van der Waals surface area contributed by atoms with E-state index in [1.54, 1.807) is 4.90 Å². The van der Waals surface area contributed by atoms with Crippen LogP contribution >= 0.6 is 0 Å². The molecule has 2 aliphatic heterocycles. The predicted molar refractivity (Wildman–Crippen MR) is 79.1 cm³/mol. The maximum absolute atomic E-state index is 12.9. The second-order valence-corrected chi connectivity index (χ2v) is 5.79. The van der Waals surface area contributed by atoms with Crippen LogP contribution in [0.4, 0.5) is 0 Å². The van der Waals surface area contributed by atoms with E-state index in [0.29, 0.717) is 26.2 Å². The van der Waals surface area contributed by atoms with Crippen LogP contribution in [0.5, 0.6) is 5.75 Å². The largest absolute Gasteiger partial charge is 0.491 e. The number of aromatic nitrogens is 1. The summed E-state index contributed by atoms with van der Waals surface area (Å²) in [5.41, 5.74) is -1.08. The highest BCUT2D eigenvalue weighted by Gasteiger charge is 2.40. The fourth-order valence-electron chi connectivity index (χ4n) is 3.25. The second-order valence-electron chi connectivity index (χ2n) is 5.79. The summed E-state index contributed by atoms with van der Waals surface area (Å²) in [5.74, 6) is -1.89. The van der Waals surface area contributed by atoms with Crippen molar-refractivity contribution in [3.8, 4) is 5.75 Å². The van der Waals surface area contributed by atoms with Gasteiger partial charge in [0.15, 0.2) is 11.4 Å². The van der Waals surface area contributed by atoms with Crippen molar-refractivity contribution >= 4 is 11.9 Å². The van der Waals surface area contributed by atoms with Gasteiger partial charge in [-0.1, -0.05) is 0 Å². The number of fused-ring (bicyclic) bond motifs is 2. The summed E-state index contributed by atoms with van der Waals surface area (Å²) in [4.78, 5) is 38.1. The zero-order valence-corrected chi connectivity index (χ0v) is 12.9. The Kier molecular flexibility index (Phi) is 3.85. The smallest absolute Gasteiger partial charge is 0.341 e. The highest BCUT2D eigenvalue weighted by atomic mass is 16.5. The average Bonchev–Trinajstić information content (AvgIpc) is 2.69. The molecule has 0 bridgehead atoms. The zero-order chi connectivity index (χ0) is 16.7. The quantitative estimate of drug-likeness (QED) is 0.834. The fourth-order valence-corrected chi connectivity index (χ4v) is 3.25. The molecule has 2 aliphatic rings. The lowest BCUT2D eigenvalue weighted by Gasteiger charge is -2.39. The molecule has 0 radical (unpaired) electrons. The minimum absolute atomic E-state index is 0.0253. The number of nitrogens with zero attached hydrogens (tertiary/aromatic N) is 2. The Balaban J connectivity index is 2.19. The number of ether oxygens (including phenoxy) is 2. The number of amides is 1. The van der Waals surface area contributed by atoms with Crippen LogP contribution in [0.15, 0.2) is 11.0 Å². The number of carboxylic acid groups (broad SMARTS) is 1. The first-order valence-electron chi connectivity index (χ1n) is 7.40. The van der Waals surface area contributed by atoms with E-state index in [4.69, 9.17) is 9.47 Å². The van der Waals surface area contributed by atoms with Gasteiger partial charge in [0.25, 0.3) is 5.91 Å². The van der Waals surface area contributed by atoms with Crippen molar-refractivity contribution in [1.82, 2.24) is 9.47 Å². The molecule has 3 rings (SSSR count). The van der Waals surface area contributed by atoms with Crippen molar-refractivity contribution in [3.63, 3.8) is 0 Å². The van der Waals surface area contributed by atoms with E-state index in [9.17, 15) is 19.5 Å². The van der Waals surface area contributed by atoms with Gasteiger partial charge in [0, 0.05) is 25.4 Å². The van der Waals surface area contributed by atoms with Crippen LogP contribution in [-0.2, 0) is 11.3 Å². The van der Waals surface area contributed by atoms with Crippen molar-refractivity contribution in [1.29, 1.82) is 0 Å². The van der Waals surface area contributed by atoms with Gasteiger partial charge in [-0.3, -0.25) is 9.59 Å². The summed E-state index contributed by atoms with van der Waals surface area (Å²) < 4.78 is 12.1. The lowest BCUT2D eigenvalue weighted by atomic mass is 10.1. The second kappa shape index (κ2) is 5.69. The van der Waals surface area contributed by atoms with Gasteiger partial charge in [-0.05, 0) is 13.3 Å². The number of carbonyl (C=O) groups excluding carboxylic acids is 1. The van der Waals surface area contributed by atoms with E-state index in [1.165, 1.54) is 17.9 Å². The minimum atomic E-state index is -1.34. The third-order valence-electron chi connectivity index (χ3n) is 4.38. The molecule has 1 amide bonds. The molecule has 1 N–H and O–H groups in total. The molecule has 1 saturated heterocycles. The Morgan fingerprint density at radius 2 is 2.17 bits per heavy atom. The number of carbonyl (C=O) groups is 2. The molecule has 1 unspecified atom stereocenters. The third-order valence-corrected chi connectivity index (χ3v) is 4.38. The molecule has 8 heteroatoms. The molecule has 124 valence electrons. The summed E-state index contributed by atoms with van der Waals surface area (Å²) >= 11 is 0. The Labute approximate surface area is 132 Å². The molecule has 0 aromatic carbocycles. The van der Waals surface area contributed by atoms with Crippen LogP contribution in [0.25, 0.3) is 0 Å². The van der Waals surface area contributed by atoms with Gasteiger partial charge in [0.2, 0.25) is 5.43 Å². The Morgan fingerprint density at radius 1 is 1.43 bits per heavy atom. The van der Waals surface area contributed by atoms with Crippen molar-refractivity contribution < 1.29 is 24.2 Å². The van der Waals surface area contributed by atoms with Gasteiger partial charge in [-0.2, -0.15) is 0 Å². The average molecular weight is 322 g/mol. The zero-order valence-electron chi connectivity index (χ0n) is 12.9. The van der Waals surface area contributed by atoms with Crippen molar-refractivity contribution in [2.24, 2.45) is 0 Å². The number of aromatic carboxylic acids is 1. The maximum atomic E-state index is 12.9. The lowest BCUT2D eigenvalue weighted by molar-refractivity contribution is 0.0406. The maximum Gasteiger partial charge on any atom is 0.341 e. The van der Waals surface area contributed by atoms with Gasteiger partial charge in [0.05, 0.1) is 19.8 Å². The molecule has 0 aliphatic carbocycles. The van der Waals surface area contributed by atoms with E-state index in [2.05, 4.69) is 0 Å². The van der Waals surface area contributed by atoms with Crippen LogP contribution in [-0.4, -0.2) is 58.9 Å². The Hall–Kier alpha value is -2.35. The first-order valence-corrected chi connectivity index (χ1v) is 7.40. The number of carboxylic acids is 1. The molecule has 1 fully saturated rings. The molecule has 1 aromatic rings. The molecule has 0 spiro atoms. The number of hydrogen-bond donors (Lipinski definition) is 1. The van der Waals surface area contributed by atoms with Crippen LogP contribution < -0.4 is 10.2 Å². The van der Waals surface area contributed by atoms with Gasteiger partial charge in [-0.25, -0.2) is 4.79 Å². The first-order chi connectivity index (χ1) is 11.0. The van der Waals surface area contributed by atoms with Gasteiger partial charge < -0.3 is 24.0 Å². The normalized spacial score (nSPS) is 23.7. The third kappa shape index (κ3) is 2.39. The minimum Gasteiger partial charge on any atom is -0.491 e. The van der Waals surface area contributed by atoms with Crippen molar-refractivity contribution in [2.45, 2.75) is 32.0 Å². The summed E-state index contributed by atoms with van der Waals surface area (Å²) in [5, 5.41) is 9.18. The van der Waals surface area contributed by atoms with Crippen LogP contribution in [0, 0.1) is 0 Å².